The van der Waals surface area contributed by atoms with Gasteiger partial charge in [0, 0.05) is 17.5 Å². The molecule has 0 heterocycles. The van der Waals surface area contributed by atoms with E-state index in [1.807, 2.05) is 32.9 Å². The Morgan fingerprint density at radius 1 is 0.853 bits per heavy atom. The second-order valence-corrected chi connectivity index (χ2v) is 12.7. The van der Waals surface area contributed by atoms with Crippen molar-refractivity contribution in [2.75, 3.05) is 6.61 Å². The molecule has 0 N–H and O–H groups in total. The number of unbranched alkanes of at least 4 members (excludes halogenated alkanes) is 1. The van der Waals surface area contributed by atoms with Crippen molar-refractivity contribution in [3.63, 3.8) is 0 Å². The molecule has 0 radical (unpaired) electrons. The van der Waals surface area contributed by atoms with Crippen molar-refractivity contribution < 1.29 is 23.8 Å². The second-order valence-electron chi connectivity index (χ2n) is 12.7. The summed E-state index contributed by atoms with van der Waals surface area (Å²) in [5, 5.41) is 0. The Morgan fingerprint density at radius 2 is 1.38 bits per heavy atom. The summed E-state index contributed by atoms with van der Waals surface area (Å²) in [5.74, 6) is 1.05. The predicted molar refractivity (Wildman–Crippen MR) is 139 cm³/mol. The molecule has 5 heteroatoms. The van der Waals surface area contributed by atoms with E-state index in [0.29, 0.717) is 31.1 Å². The van der Waals surface area contributed by atoms with E-state index in [0.717, 1.165) is 36.0 Å². The lowest BCUT2D eigenvalue weighted by Crippen LogP contribution is -2.28. The van der Waals surface area contributed by atoms with Gasteiger partial charge in [-0.25, -0.2) is 4.79 Å². The fraction of sp³-hybridized carbons (Fsp3) is 0.724. The summed E-state index contributed by atoms with van der Waals surface area (Å²) in [7, 11) is 0. The molecule has 0 bridgehead atoms. The lowest BCUT2D eigenvalue weighted by molar-refractivity contribution is -0.143. The number of hydrogen-bond donors (Lipinski definition) is 0. The molecule has 1 aromatic rings. The van der Waals surface area contributed by atoms with E-state index < -0.39 is 11.8 Å². The first kappa shape index (κ1) is 30.0. The molecule has 0 aliphatic carbocycles. The molecule has 0 saturated carbocycles. The number of ether oxygens (including phenoxy) is 3. The summed E-state index contributed by atoms with van der Waals surface area (Å²) in [5.41, 5.74) is 1.68. The fourth-order valence-corrected chi connectivity index (χ4v) is 3.57. The van der Waals surface area contributed by atoms with Crippen LogP contribution in [-0.2, 0) is 31.5 Å². The van der Waals surface area contributed by atoms with Crippen LogP contribution < -0.4 is 4.74 Å². The topological polar surface area (TPSA) is 61.8 Å². The van der Waals surface area contributed by atoms with Gasteiger partial charge in [-0.15, -0.1) is 0 Å². The molecule has 194 valence electrons. The first-order chi connectivity index (χ1) is 15.4. The van der Waals surface area contributed by atoms with Crippen LogP contribution in [-0.4, -0.2) is 24.3 Å². The zero-order chi connectivity index (χ0) is 26.3. The summed E-state index contributed by atoms with van der Waals surface area (Å²) >= 11 is 0. The van der Waals surface area contributed by atoms with Gasteiger partial charge in [0.15, 0.2) is 0 Å². The van der Waals surface area contributed by atoms with Crippen molar-refractivity contribution in [1.29, 1.82) is 0 Å². The Morgan fingerprint density at radius 3 is 1.82 bits per heavy atom. The number of aryl methyl sites for hydroxylation is 1. The van der Waals surface area contributed by atoms with Crippen molar-refractivity contribution in [3.8, 4) is 5.75 Å². The van der Waals surface area contributed by atoms with Crippen LogP contribution in [0.5, 0.6) is 5.75 Å². The molecule has 0 aliphatic rings. The molecule has 1 aromatic carbocycles. The molecule has 0 aromatic heterocycles. The lowest BCUT2D eigenvalue weighted by atomic mass is 9.78. The minimum Gasteiger partial charge on any atom is -0.466 e. The molecule has 0 fully saturated rings. The highest BCUT2D eigenvalue weighted by molar-refractivity contribution is 5.70. The summed E-state index contributed by atoms with van der Waals surface area (Å²) < 4.78 is 16.7. The highest BCUT2D eigenvalue weighted by atomic mass is 16.7. The standard InChI is InChI=1S/C29H48O5/c1-20(2)14-12-13-17-32-24(30)16-15-21-18-22(27(3,4)5)25(23(19-21)28(6,7)8)33-26(31)34-29(9,10)11/h18-20H,12-17H2,1-11H3. The quantitative estimate of drug-likeness (QED) is 0.206. The maximum Gasteiger partial charge on any atom is 0.514 e. The Kier molecular flexibility index (Phi) is 10.7. The van der Waals surface area contributed by atoms with Gasteiger partial charge in [-0.05, 0) is 62.3 Å². The van der Waals surface area contributed by atoms with E-state index >= 15 is 0 Å². The summed E-state index contributed by atoms with van der Waals surface area (Å²) in [6.45, 7) is 22.9. The molecule has 1 rings (SSSR count). The van der Waals surface area contributed by atoms with Crippen LogP contribution in [0.15, 0.2) is 12.1 Å². The minimum atomic E-state index is -0.711. The number of benzene rings is 1. The van der Waals surface area contributed by atoms with E-state index in [2.05, 4.69) is 55.4 Å². The van der Waals surface area contributed by atoms with Crippen LogP contribution in [0.2, 0.25) is 0 Å². The molecule has 0 amide bonds. The van der Waals surface area contributed by atoms with Crippen LogP contribution in [0.4, 0.5) is 4.79 Å². The van der Waals surface area contributed by atoms with E-state index in [9.17, 15) is 9.59 Å². The van der Waals surface area contributed by atoms with Gasteiger partial charge in [-0.1, -0.05) is 73.9 Å². The number of carbonyl (C=O) groups is 2. The molecule has 0 unspecified atom stereocenters. The molecule has 0 aliphatic heterocycles. The maximum atomic E-state index is 12.6. The summed E-state index contributed by atoms with van der Waals surface area (Å²) in [6.07, 6.45) is 3.32. The van der Waals surface area contributed by atoms with Crippen LogP contribution in [0.25, 0.3) is 0 Å². The number of carbonyl (C=O) groups excluding carboxylic acids is 2. The van der Waals surface area contributed by atoms with E-state index in [4.69, 9.17) is 14.2 Å². The van der Waals surface area contributed by atoms with Crippen molar-refractivity contribution in [2.24, 2.45) is 5.92 Å². The van der Waals surface area contributed by atoms with Gasteiger partial charge < -0.3 is 14.2 Å². The first-order valence-electron chi connectivity index (χ1n) is 12.6. The van der Waals surface area contributed by atoms with Crippen molar-refractivity contribution >= 4 is 12.1 Å². The van der Waals surface area contributed by atoms with E-state index in [1.165, 1.54) is 0 Å². The van der Waals surface area contributed by atoms with Gasteiger partial charge in [0.2, 0.25) is 0 Å². The van der Waals surface area contributed by atoms with Crippen molar-refractivity contribution in [2.45, 2.75) is 125 Å². The third-order valence-electron chi connectivity index (χ3n) is 5.40. The molecule has 0 spiro atoms. The minimum absolute atomic E-state index is 0.173. The van der Waals surface area contributed by atoms with Crippen LogP contribution in [0.3, 0.4) is 0 Å². The average Bonchev–Trinajstić information content (AvgIpc) is 2.63. The summed E-state index contributed by atoms with van der Waals surface area (Å²) in [4.78, 5) is 24.9. The Hall–Kier alpha value is -2.04. The largest absolute Gasteiger partial charge is 0.514 e. The Labute approximate surface area is 207 Å². The predicted octanol–water partition coefficient (Wildman–Crippen LogP) is 7.90. The van der Waals surface area contributed by atoms with Gasteiger partial charge in [0.1, 0.15) is 11.4 Å². The lowest BCUT2D eigenvalue weighted by Gasteiger charge is -2.30. The van der Waals surface area contributed by atoms with Crippen molar-refractivity contribution in [1.82, 2.24) is 0 Å². The van der Waals surface area contributed by atoms with Gasteiger partial charge >= 0.3 is 12.1 Å². The Balaban J connectivity index is 3.10. The van der Waals surface area contributed by atoms with Crippen molar-refractivity contribution in [3.05, 3.63) is 28.8 Å². The number of hydrogen-bond acceptors (Lipinski definition) is 5. The monoisotopic (exact) mass is 476 g/mol. The Bertz CT molecular complexity index is 781. The summed E-state index contributed by atoms with van der Waals surface area (Å²) in [6, 6.07) is 4.09. The zero-order valence-corrected chi connectivity index (χ0v) is 23.5. The normalized spacial score (nSPS) is 12.6. The maximum absolute atomic E-state index is 12.6. The van der Waals surface area contributed by atoms with Gasteiger partial charge in [-0.2, -0.15) is 0 Å². The fourth-order valence-electron chi connectivity index (χ4n) is 3.57. The van der Waals surface area contributed by atoms with Crippen LogP contribution in [0.1, 0.15) is 119 Å². The van der Waals surface area contributed by atoms with Crippen LogP contribution in [0, 0.1) is 5.92 Å². The zero-order valence-electron chi connectivity index (χ0n) is 23.5. The SMILES string of the molecule is CC(C)CCCCOC(=O)CCc1cc(C(C)(C)C)c(OC(=O)OC(C)(C)C)c(C(C)(C)C)c1. The highest BCUT2D eigenvalue weighted by Crippen LogP contribution is 2.41. The van der Waals surface area contributed by atoms with E-state index in [1.54, 1.807) is 0 Å². The van der Waals surface area contributed by atoms with Crippen LogP contribution >= 0.6 is 0 Å². The molecular formula is C29H48O5. The van der Waals surface area contributed by atoms with Gasteiger partial charge in [0.25, 0.3) is 0 Å². The van der Waals surface area contributed by atoms with Gasteiger partial charge in [0.05, 0.1) is 6.61 Å². The highest BCUT2D eigenvalue weighted by Gasteiger charge is 2.30. The first-order valence-corrected chi connectivity index (χ1v) is 12.6. The van der Waals surface area contributed by atoms with E-state index in [-0.39, 0.29) is 16.8 Å². The smallest absolute Gasteiger partial charge is 0.466 e. The molecule has 5 nitrogen and oxygen atoms in total. The average molecular weight is 477 g/mol. The second kappa shape index (κ2) is 12.1. The third kappa shape index (κ3) is 10.9. The number of rotatable bonds is 9. The molecule has 34 heavy (non-hydrogen) atoms. The third-order valence-corrected chi connectivity index (χ3v) is 5.40. The molecular weight excluding hydrogens is 428 g/mol. The molecule has 0 saturated heterocycles. The van der Waals surface area contributed by atoms with Gasteiger partial charge in [-0.3, -0.25) is 4.79 Å². The number of esters is 1. The molecule has 0 atom stereocenters.